The molecule has 0 aliphatic carbocycles. The third-order valence-electron chi connectivity index (χ3n) is 4.28. The van der Waals surface area contributed by atoms with Crippen LogP contribution in [0.5, 0.6) is 0 Å². The molecule has 0 aliphatic heterocycles. The van der Waals surface area contributed by atoms with Crippen molar-refractivity contribution in [2.45, 2.75) is 20.3 Å². The molecule has 1 heterocycles. The molecule has 0 saturated carbocycles. The predicted octanol–water partition coefficient (Wildman–Crippen LogP) is 4.10. The number of nitrogens with zero attached hydrogens (tertiary/aromatic N) is 1. The maximum atomic E-state index is 13.0. The molecule has 0 bridgehead atoms. The van der Waals surface area contributed by atoms with Crippen molar-refractivity contribution in [3.63, 3.8) is 0 Å². The average Bonchev–Trinajstić information content (AvgIpc) is 3.04. The fraction of sp³-hybridized carbons (Fsp3) is 0.190. The molecule has 7 heteroatoms. The number of thiazole rings is 1. The lowest BCUT2D eigenvalue weighted by atomic mass is 10.1. The van der Waals surface area contributed by atoms with Gasteiger partial charge in [-0.1, -0.05) is 12.1 Å². The highest BCUT2D eigenvalue weighted by Crippen LogP contribution is 2.24. The van der Waals surface area contributed by atoms with E-state index in [4.69, 9.17) is 0 Å². The molecule has 0 spiro atoms. The maximum Gasteiger partial charge on any atom is 0.267 e. The first-order chi connectivity index (χ1) is 13.4. The van der Waals surface area contributed by atoms with E-state index in [1.165, 1.54) is 23.5 Å². The van der Waals surface area contributed by atoms with Gasteiger partial charge in [-0.25, -0.2) is 9.37 Å². The quantitative estimate of drug-likeness (QED) is 0.681. The van der Waals surface area contributed by atoms with Gasteiger partial charge >= 0.3 is 0 Å². The van der Waals surface area contributed by atoms with Gasteiger partial charge in [0.05, 0.1) is 10.7 Å². The number of halogens is 1. The van der Waals surface area contributed by atoms with Gasteiger partial charge in [0.15, 0.2) is 0 Å². The molecular formula is C21H20FN3O2S. The van der Waals surface area contributed by atoms with Gasteiger partial charge in [0.2, 0.25) is 0 Å². The number of carbonyl (C=O) groups excluding carboxylic acids is 2. The summed E-state index contributed by atoms with van der Waals surface area (Å²) in [6.45, 7) is 3.63. The van der Waals surface area contributed by atoms with Crippen LogP contribution in [0.1, 0.15) is 41.9 Å². The van der Waals surface area contributed by atoms with E-state index in [9.17, 15) is 14.0 Å². The summed E-state index contributed by atoms with van der Waals surface area (Å²) < 4.78 is 13.0. The molecule has 28 heavy (non-hydrogen) atoms. The van der Waals surface area contributed by atoms with Crippen molar-refractivity contribution in [2.24, 2.45) is 0 Å². The minimum atomic E-state index is -0.281. The van der Waals surface area contributed by atoms with Crippen LogP contribution in [0.3, 0.4) is 0 Å². The highest BCUT2D eigenvalue weighted by molar-refractivity contribution is 7.14. The van der Waals surface area contributed by atoms with Crippen LogP contribution in [0, 0.1) is 19.7 Å². The van der Waals surface area contributed by atoms with Crippen LogP contribution >= 0.6 is 11.3 Å². The van der Waals surface area contributed by atoms with E-state index < -0.39 is 0 Å². The molecule has 0 unspecified atom stereocenters. The predicted molar refractivity (Wildman–Crippen MR) is 109 cm³/mol. The fourth-order valence-corrected chi connectivity index (χ4v) is 3.78. The van der Waals surface area contributed by atoms with E-state index in [-0.39, 0.29) is 17.6 Å². The summed E-state index contributed by atoms with van der Waals surface area (Å²) in [4.78, 5) is 29.4. The summed E-state index contributed by atoms with van der Waals surface area (Å²) in [6.07, 6.45) is 0.541. The Hall–Kier alpha value is -3.06. The number of amides is 2. The van der Waals surface area contributed by atoms with E-state index in [0.29, 0.717) is 28.2 Å². The van der Waals surface area contributed by atoms with E-state index in [0.717, 1.165) is 16.1 Å². The van der Waals surface area contributed by atoms with Crippen molar-refractivity contribution >= 4 is 28.8 Å². The zero-order valence-electron chi connectivity index (χ0n) is 15.8. The summed E-state index contributed by atoms with van der Waals surface area (Å²) in [7, 11) is 1.57. The summed E-state index contributed by atoms with van der Waals surface area (Å²) in [5.41, 5.74) is 3.56. The SMILES string of the molecule is CNC(=O)c1ccc(NC(=O)c2sc(Cc3ccc(F)cc3)nc2C)c(C)c1. The molecule has 0 saturated heterocycles. The molecule has 1 aromatic heterocycles. The molecule has 5 nitrogen and oxygen atoms in total. The largest absolute Gasteiger partial charge is 0.355 e. The first kappa shape index (κ1) is 19.7. The van der Waals surface area contributed by atoms with Gasteiger partial charge in [-0.05, 0) is 55.3 Å². The van der Waals surface area contributed by atoms with Gasteiger partial charge in [0, 0.05) is 24.7 Å². The number of anilines is 1. The van der Waals surface area contributed by atoms with E-state index in [2.05, 4.69) is 15.6 Å². The smallest absolute Gasteiger partial charge is 0.267 e. The number of aromatic nitrogens is 1. The zero-order valence-corrected chi connectivity index (χ0v) is 16.6. The average molecular weight is 397 g/mol. The molecule has 2 N–H and O–H groups in total. The van der Waals surface area contributed by atoms with Crippen LogP contribution in [0.2, 0.25) is 0 Å². The van der Waals surface area contributed by atoms with Crippen LogP contribution < -0.4 is 10.6 Å². The van der Waals surface area contributed by atoms with E-state index in [1.54, 1.807) is 44.3 Å². The van der Waals surface area contributed by atoms with Gasteiger partial charge in [-0.15, -0.1) is 11.3 Å². The third kappa shape index (κ3) is 4.43. The maximum absolute atomic E-state index is 13.0. The number of nitrogens with one attached hydrogen (secondary N) is 2. The molecule has 0 aliphatic rings. The van der Waals surface area contributed by atoms with Crippen LogP contribution in [0.25, 0.3) is 0 Å². The first-order valence-electron chi connectivity index (χ1n) is 8.72. The molecule has 0 radical (unpaired) electrons. The Morgan fingerprint density at radius 3 is 2.43 bits per heavy atom. The number of hydrogen-bond donors (Lipinski definition) is 2. The highest BCUT2D eigenvalue weighted by atomic mass is 32.1. The number of aryl methyl sites for hydroxylation is 2. The molecule has 144 valence electrons. The summed E-state index contributed by atoms with van der Waals surface area (Å²) in [6, 6.07) is 11.4. The molecule has 3 aromatic rings. The van der Waals surface area contributed by atoms with E-state index in [1.807, 2.05) is 6.92 Å². The van der Waals surface area contributed by atoms with Gasteiger partial charge < -0.3 is 10.6 Å². The van der Waals surface area contributed by atoms with E-state index >= 15 is 0 Å². The third-order valence-corrected chi connectivity index (χ3v) is 5.44. The van der Waals surface area contributed by atoms with Gasteiger partial charge in [-0.3, -0.25) is 9.59 Å². The lowest BCUT2D eigenvalue weighted by Crippen LogP contribution is -2.18. The Balaban J connectivity index is 1.75. The standard InChI is InChI=1S/C21H20FN3O2S/c1-12-10-15(20(26)23-3)6-9-17(12)25-21(27)19-13(2)24-18(28-19)11-14-4-7-16(22)8-5-14/h4-10H,11H2,1-3H3,(H,23,26)(H,25,27). The van der Waals surface area contributed by atoms with Gasteiger partial charge in [0.1, 0.15) is 10.7 Å². The summed E-state index contributed by atoms with van der Waals surface area (Å²) in [5.74, 6) is -0.696. The van der Waals surface area contributed by atoms with Gasteiger partial charge in [-0.2, -0.15) is 0 Å². The Bertz CT molecular complexity index is 1030. The Morgan fingerprint density at radius 1 is 1.07 bits per heavy atom. The fourth-order valence-electron chi connectivity index (χ4n) is 2.78. The van der Waals surface area contributed by atoms with Crippen molar-refractivity contribution in [1.82, 2.24) is 10.3 Å². The highest BCUT2D eigenvalue weighted by Gasteiger charge is 2.17. The number of benzene rings is 2. The van der Waals surface area contributed by atoms with Crippen molar-refractivity contribution in [1.29, 1.82) is 0 Å². The Labute approximate surface area is 166 Å². The Morgan fingerprint density at radius 2 is 1.79 bits per heavy atom. The molecule has 2 aromatic carbocycles. The second-order valence-corrected chi connectivity index (χ2v) is 7.47. The summed E-state index contributed by atoms with van der Waals surface area (Å²) in [5, 5.41) is 6.25. The van der Waals surface area contributed by atoms with Crippen LogP contribution in [-0.2, 0) is 6.42 Å². The second-order valence-electron chi connectivity index (χ2n) is 6.39. The van der Waals surface area contributed by atoms with Crippen molar-refractivity contribution in [3.8, 4) is 0 Å². The van der Waals surface area contributed by atoms with Gasteiger partial charge in [0.25, 0.3) is 11.8 Å². The van der Waals surface area contributed by atoms with Crippen LogP contribution in [-0.4, -0.2) is 23.8 Å². The van der Waals surface area contributed by atoms with Crippen molar-refractivity contribution < 1.29 is 14.0 Å². The molecule has 0 atom stereocenters. The zero-order chi connectivity index (χ0) is 20.3. The van der Waals surface area contributed by atoms with Crippen molar-refractivity contribution in [2.75, 3.05) is 12.4 Å². The normalized spacial score (nSPS) is 10.6. The first-order valence-corrected chi connectivity index (χ1v) is 9.54. The van der Waals surface area contributed by atoms with Crippen LogP contribution in [0.15, 0.2) is 42.5 Å². The minimum absolute atomic E-state index is 0.176. The molecular weight excluding hydrogens is 377 g/mol. The second kappa shape index (κ2) is 8.31. The Kier molecular flexibility index (Phi) is 5.84. The number of carbonyl (C=O) groups is 2. The monoisotopic (exact) mass is 397 g/mol. The molecule has 3 rings (SSSR count). The molecule has 2 amide bonds. The van der Waals surface area contributed by atoms with Crippen LogP contribution in [0.4, 0.5) is 10.1 Å². The minimum Gasteiger partial charge on any atom is -0.355 e. The number of rotatable bonds is 5. The van der Waals surface area contributed by atoms with Crippen molar-refractivity contribution in [3.05, 3.63) is 80.6 Å². The molecule has 0 fully saturated rings. The lowest BCUT2D eigenvalue weighted by molar-refractivity contribution is 0.0962. The topological polar surface area (TPSA) is 71.1 Å². The lowest BCUT2D eigenvalue weighted by Gasteiger charge is -2.09. The summed E-state index contributed by atoms with van der Waals surface area (Å²) >= 11 is 1.32. The number of hydrogen-bond acceptors (Lipinski definition) is 4.